The van der Waals surface area contributed by atoms with Crippen LogP contribution in [-0.4, -0.2) is 38.3 Å². The molecule has 1 aliphatic heterocycles. The molecule has 1 atom stereocenters. The number of thiophene rings is 1. The predicted molar refractivity (Wildman–Crippen MR) is 80.5 cm³/mol. The minimum Gasteiger partial charge on any atom is -0.375 e. The van der Waals surface area contributed by atoms with Crippen molar-refractivity contribution in [2.45, 2.75) is 18.9 Å². The summed E-state index contributed by atoms with van der Waals surface area (Å²) in [4.78, 5) is 12.9. The van der Waals surface area contributed by atoms with Crippen molar-refractivity contribution in [1.29, 1.82) is 0 Å². The Balaban J connectivity index is 0.00000180. The first kappa shape index (κ1) is 16.7. The Bertz CT molecular complexity index is 395. The van der Waals surface area contributed by atoms with E-state index < -0.39 is 0 Å². The molecule has 1 saturated heterocycles. The van der Waals surface area contributed by atoms with Gasteiger partial charge in [0, 0.05) is 24.5 Å². The summed E-state index contributed by atoms with van der Waals surface area (Å²) in [5.41, 5.74) is 0. The van der Waals surface area contributed by atoms with Crippen molar-refractivity contribution in [2.24, 2.45) is 0 Å². The first-order chi connectivity index (χ1) is 8.74. The quantitative estimate of drug-likeness (QED) is 0.869. The molecule has 19 heavy (non-hydrogen) atoms. The van der Waals surface area contributed by atoms with E-state index in [9.17, 15) is 4.79 Å². The number of halogens is 2. The summed E-state index contributed by atoms with van der Waals surface area (Å²) >= 11 is 7.39. The first-order valence-corrected chi connectivity index (χ1v) is 7.27. The third-order valence-electron chi connectivity index (χ3n) is 2.74. The monoisotopic (exact) mass is 324 g/mol. The third kappa shape index (κ3) is 6.10. The van der Waals surface area contributed by atoms with Crippen molar-refractivity contribution in [2.75, 3.05) is 26.2 Å². The van der Waals surface area contributed by atoms with Gasteiger partial charge in [0.05, 0.1) is 23.5 Å². The Morgan fingerprint density at radius 1 is 1.58 bits per heavy atom. The fourth-order valence-corrected chi connectivity index (χ4v) is 2.93. The summed E-state index contributed by atoms with van der Waals surface area (Å²) < 4.78 is 6.27. The minimum absolute atomic E-state index is 0. The van der Waals surface area contributed by atoms with Crippen LogP contribution in [0.25, 0.3) is 0 Å². The van der Waals surface area contributed by atoms with Crippen molar-refractivity contribution >= 4 is 41.3 Å². The summed E-state index contributed by atoms with van der Waals surface area (Å²) in [6, 6.07) is 3.87. The van der Waals surface area contributed by atoms with Gasteiger partial charge in [0.15, 0.2) is 0 Å². The van der Waals surface area contributed by atoms with Crippen LogP contribution in [0.15, 0.2) is 12.1 Å². The molecule has 0 radical (unpaired) electrons. The third-order valence-corrected chi connectivity index (χ3v) is 4.03. The Kier molecular flexibility index (Phi) is 7.71. The summed E-state index contributed by atoms with van der Waals surface area (Å²) in [5, 5.41) is 6.11. The zero-order valence-corrected chi connectivity index (χ0v) is 12.9. The second-order valence-electron chi connectivity index (χ2n) is 4.21. The number of rotatable bonds is 5. The van der Waals surface area contributed by atoms with Crippen LogP contribution in [0, 0.1) is 0 Å². The standard InChI is InChI=1S/C12H17ClN2O2S.ClH/c13-11-2-1-10(18-11)3-4-15-12(16)7-9-8-14-5-6-17-9;/h1-2,9,14H,3-8H2,(H,15,16);1H. The average molecular weight is 325 g/mol. The van der Waals surface area contributed by atoms with Crippen LogP contribution in [0.1, 0.15) is 11.3 Å². The van der Waals surface area contributed by atoms with Gasteiger partial charge in [0.25, 0.3) is 0 Å². The molecule has 2 heterocycles. The predicted octanol–water partition coefficient (Wildman–Crippen LogP) is 1.86. The summed E-state index contributed by atoms with van der Waals surface area (Å²) in [5.74, 6) is 0.0475. The number of hydrogen-bond donors (Lipinski definition) is 2. The topological polar surface area (TPSA) is 50.4 Å². The second kappa shape index (κ2) is 8.76. The molecule has 0 saturated carbocycles. The lowest BCUT2D eigenvalue weighted by molar-refractivity contribution is -0.124. The van der Waals surface area contributed by atoms with Crippen molar-refractivity contribution in [3.8, 4) is 0 Å². The van der Waals surface area contributed by atoms with E-state index in [4.69, 9.17) is 16.3 Å². The molecule has 1 unspecified atom stereocenters. The van der Waals surface area contributed by atoms with E-state index in [2.05, 4.69) is 10.6 Å². The fraction of sp³-hybridized carbons (Fsp3) is 0.583. The van der Waals surface area contributed by atoms with Crippen LogP contribution in [0.4, 0.5) is 0 Å². The van der Waals surface area contributed by atoms with Crippen LogP contribution in [0.2, 0.25) is 4.34 Å². The largest absolute Gasteiger partial charge is 0.375 e. The number of carbonyl (C=O) groups is 1. The summed E-state index contributed by atoms with van der Waals surface area (Å²) in [6.45, 7) is 2.96. The number of ether oxygens (including phenoxy) is 1. The molecular weight excluding hydrogens is 307 g/mol. The Morgan fingerprint density at radius 3 is 3.05 bits per heavy atom. The zero-order valence-electron chi connectivity index (χ0n) is 10.5. The maximum Gasteiger partial charge on any atom is 0.222 e. The van der Waals surface area contributed by atoms with Gasteiger partial charge >= 0.3 is 0 Å². The van der Waals surface area contributed by atoms with Crippen molar-refractivity contribution in [1.82, 2.24) is 10.6 Å². The molecule has 0 aliphatic carbocycles. The van der Waals surface area contributed by atoms with Gasteiger partial charge in [0.2, 0.25) is 5.91 Å². The van der Waals surface area contributed by atoms with E-state index in [-0.39, 0.29) is 24.4 Å². The number of nitrogens with one attached hydrogen (secondary N) is 2. The average Bonchev–Trinajstić information content (AvgIpc) is 2.76. The Hall–Kier alpha value is -0.330. The van der Waals surface area contributed by atoms with E-state index >= 15 is 0 Å². The van der Waals surface area contributed by atoms with Gasteiger partial charge in [-0.2, -0.15) is 0 Å². The van der Waals surface area contributed by atoms with Crippen LogP contribution in [0.5, 0.6) is 0 Å². The number of hydrogen-bond acceptors (Lipinski definition) is 4. The number of morpholine rings is 1. The highest BCUT2D eigenvalue weighted by atomic mass is 35.5. The molecule has 2 rings (SSSR count). The molecule has 4 nitrogen and oxygen atoms in total. The lowest BCUT2D eigenvalue weighted by Crippen LogP contribution is -2.41. The second-order valence-corrected chi connectivity index (χ2v) is 6.01. The molecule has 0 aromatic carbocycles. The highest BCUT2D eigenvalue weighted by Crippen LogP contribution is 2.21. The van der Waals surface area contributed by atoms with Gasteiger partial charge < -0.3 is 15.4 Å². The first-order valence-electron chi connectivity index (χ1n) is 6.07. The molecule has 0 bridgehead atoms. The molecule has 1 aromatic heterocycles. The highest BCUT2D eigenvalue weighted by Gasteiger charge is 2.16. The van der Waals surface area contributed by atoms with Crippen molar-refractivity contribution in [3.05, 3.63) is 21.3 Å². The summed E-state index contributed by atoms with van der Waals surface area (Å²) in [6.07, 6.45) is 1.26. The molecule has 7 heteroatoms. The normalized spacial score (nSPS) is 18.7. The molecule has 0 spiro atoms. The fourth-order valence-electron chi connectivity index (χ4n) is 1.84. The maximum atomic E-state index is 11.7. The maximum absolute atomic E-state index is 11.7. The lowest BCUT2D eigenvalue weighted by atomic mass is 10.2. The van der Waals surface area contributed by atoms with Gasteiger partial charge in [0.1, 0.15) is 0 Å². The molecule has 1 aromatic rings. The molecule has 1 aliphatic rings. The van der Waals surface area contributed by atoms with Crippen molar-refractivity contribution < 1.29 is 9.53 Å². The summed E-state index contributed by atoms with van der Waals surface area (Å²) in [7, 11) is 0. The Morgan fingerprint density at radius 2 is 2.42 bits per heavy atom. The SMILES string of the molecule is Cl.O=C(CC1CNCCO1)NCCc1ccc(Cl)s1. The van der Waals surface area contributed by atoms with Crippen LogP contribution in [-0.2, 0) is 16.0 Å². The van der Waals surface area contributed by atoms with Gasteiger partial charge in [-0.1, -0.05) is 11.6 Å². The number of amides is 1. The smallest absolute Gasteiger partial charge is 0.222 e. The molecule has 108 valence electrons. The van der Waals surface area contributed by atoms with Crippen LogP contribution in [0.3, 0.4) is 0 Å². The highest BCUT2D eigenvalue weighted by molar-refractivity contribution is 7.16. The van der Waals surface area contributed by atoms with Gasteiger partial charge in [-0.15, -0.1) is 23.7 Å². The van der Waals surface area contributed by atoms with E-state index in [1.54, 1.807) is 11.3 Å². The Labute approximate surface area is 128 Å². The van der Waals surface area contributed by atoms with E-state index in [0.717, 1.165) is 23.8 Å². The van der Waals surface area contributed by atoms with Crippen LogP contribution >= 0.6 is 35.3 Å². The van der Waals surface area contributed by atoms with E-state index in [1.807, 2.05) is 12.1 Å². The minimum atomic E-state index is 0. The zero-order chi connectivity index (χ0) is 12.8. The van der Waals surface area contributed by atoms with Crippen LogP contribution < -0.4 is 10.6 Å². The van der Waals surface area contributed by atoms with Gasteiger partial charge in [-0.3, -0.25) is 4.79 Å². The lowest BCUT2D eigenvalue weighted by Gasteiger charge is -2.22. The molecular formula is C12H18Cl2N2O2S. The molecule has 1 amide bonds. The number of carbonyl (C=O) groups excluding carboxylic acids is 1. The van der Waals surface area contributed by atoms with Gasteiger partial charge in [-0.05, 0) is 18.6 Å². The molecule has 1 fully saturated rings. The van der Waals surface area contributed by atoms with Crippen molar-refractivity contribution in [3.63, 3.8) is 0 Å². The van der Waals surface area contributed by atoms with E-state index in [0.29, 0.717) is 19.6 Å². The van der Waals surface area contributed by atoms with E-state index in [1.165, 1.54) is 4.88 Å². The van der Waals surface area contributed by atoms with Gasteiger partial charge in [-0.25, -0.2) is 0 Å². The molecule has 2 N–H and O–H groups in total.